The van der Waals surface area contributed by atoms with Gasteiger partial charge in [0.1, 0.15) is 6.04 Å². The van der Waals surface area contributed by atoms with Gasteiger partial charge < -0.3 is 15.1 Å². The van der Waals surface area contributed by atoms with Crippen LogP contribution in [0.25, 0.3) is 0 Å². The lowest BCUT2D eigenvalue weighted by molar-refractivity contribution is -0.133. The first-order valence-electron chi connectivity index (χ1n) is 9.45. The van der Waals surface area contributed by atoms with E-state index in [0.717, 1.165) is 5.75 Å². The third kappa shape index (κ3) is 5.61. The van der Waals surface area contributed by atoms with Gasteiger partial charge in [-0.3, -0.25) is 9.59 Å². The van der Waals surface area contributed by atoms with Crippen LogP contribution in [0.1, 0.15) is 16.8 Å². The normalized spacial score (nSPS) is 15.1. The molecule has 0 spiro atoms. The number of carbonyl (C=O) groups is 2. The Labute approximate surface area is 179 Å². The molecule has 1 aromatic carbocycles. The Morgan fingerprint density at radius 3 is 2.48 bits per heavy atom. The van der Waals surface area contributed by atoms with Crippen LogP contribution in [-0.2, 0) is 4.79 Å². The molecule has 1 saturated heterocycles. The van der Waals surface area contributed by atoms with E-state index < -0.39 is 6.04 Å². The fourth-order valence-corrected chi connectivity index (χ4v) is 3.87. The average molecular weight is 434 g/mol. The van der Waals surface area contributed by atoms with Crippen LogP contribution in [0, 0.1) is 0 Å². The van der Waals surface area contributed by atoms with Crippen molar-refractivity contribution in [3.63, 3.8) is 0 Å². The molecule has 0 saturated carbocycles. The van der Waals surface area contributed by atoms with Gasteiger partial charge in [0.25, 0.3) is 5.91 Å². The lowest BCUT2D eigenvalue weighted by Gasteiger charge is -2.36. The molecule has 1 aliphatic heterocycles. The van der Waals surface area contributed by atoms with E-state index in [9.17, 15) is 9.59 Å². The molecule has 29 heavy (non-hydrogen) atoms. The van der Waals surface area contributed by atoms with E-state index in [0.29, 0.717) is 49.1 Å². The number of piperazine rings is 1. The number of rotatable bonds is 7. The van der Waals surface area contributed by atoms with Gasteiger partial charge >= 0.3 is 0 Å². The van der Waals surface area contributed by atoms with Gasteiger partial charge in [-0.2, -0.15) is 11.8 Å². The third-order valence-electron chi connectivity index (χ3n) is 4.76. The van der Waals surface area contributed by atoms with E-state index in [1.807, 2.05) is 6.26 Å². The first-order chi connectivity index (χ1) is 14.1. The predicted molar refractivity (Wildman–Crippen MR) is 117 cm³/mol. The van der Waals surface area contributed by atoms with Crippen molar-refractivity contribution in [2.24, 2.45) is 0 Å². The van der Waals surface area contributed by atoms with Crippen molar-refractivity contribution in [2.45, 2.75) is 12.5 Å². The maximum absolute atomic E-state index is 13.1. The topological polar surface area (TPSA) is 78.4 Å². The maximum atomic E-state index is 13.1. The Morgan fingerprint density at radius 2 is 1.83 bits per heavy atom. The molecule has 1 aromatic heterocycles. The number of anilines is 1. The van der Waals surface area contributed by atoms with Crippen LogP contribution in [-0.4, -0.2) is 70.9 Å². The lowest BCUT2D eigenvalue weighted by atomic mass is 10.1. The van der Waals surface area contributed by atoms with Gasteiger partial charge in [-0.1, -0.05) is 23.7 Å². The quantitative estimate of drug-likeness (QED) is 0.722. The molecule has 0 unspecified atom stereocenters. The highest BCUT2D eigenvalue weighted by atomic mass is 35.5. The molecule has 0 bridgehead atoms. The Hall–Kier alpha value is -2.32. The second-order valence-electron chi connectivity index (χ2n) is 6.65. The molecule has 2 aromatic rings. The summed E-state index contributed by atoms with van der Waals surface area (Å²) in [5, 5.41) is 3.26. The number of hydrogen-bond acceptors (Lipinski definition) is 6. The summed E-state index contributed by atoms with van der Waals surface area (Å²) in [5.41, 5.74) is 0.377. The van der Waals surface area contributed by atoms with Crippen LogP contribution in [0.5, 0.6) is 0 Å². The van der Waals surface area contributed by atoms with Crippen molar-refractivity contribution < 1.29 is 9.59 Å². The molecule has 1 aliphatic rings. The number of nitrogens with zero attached hydrogens (tertiary/aromatic N) is 4. The summed E-state index contributed by atoms with van der Waals surface area (Å²) in [7, 11) is 0. The Bertz CT molecular complexity index is 831. The summed E-state index contributed by atoms with van der Waals surface area (Å²) in [5.74, 6) is 1.06. The van der Waals surface area contributed by atoms with E-state index in [2.05, 4.69) is 20.2 Å². The Morgan fingerprint density at radius 1 is 1.14 bits per heavy atom. The molecule has 2 amide bonds. The molecule has 1 fully saturated rings. The number of thioether (sulfide) groups is 1. The third-order valence-corrected chi connectivity index (χ3v) is 5.73. The van der Waals surface area contributed by atoms with Crippen LogP contribution in [0.3, 0.4) is 0 Å². The Kier molecular flexibility index (Phi) is 7.71. The molecule has 7 nitrogen and oxygen atoms in total. The van der Waals surface area contributed by atoms with Crippen molar-refractivity contribution >= 4 is 41.1 Å². The van der Waals surface area contributed by atoms with E-state index in [-0.39, 0.29) is 11.8 Å². The number of amides is 2. The van der Waals surface area contributed by atoms with Crippen molar-refractivity contribution in [1.29, 1.82) is 0 Å². The highest BCUT2D eigenvalue weighted by Crippen LogP contribution is 2.16. The zero-order valence-corrected chi connectivity index (χ0v) is 17.8. The number of halogens is 1. The molecule has 0 radical (unpaired) electrons. The number of hydrogen-bond donors (Lipinski definition) is 1. The minimum atomic E-state index is -0.578. The number of benzene rings is 1. The molecule has 9 heteroatoms. The van der Waals surface area contributed by atoms with Crippen molar-refractivity contribution in [1.82, 2.24) is 20.2 Å². The largest absolute Gasteiger partial charge is 0.340 e. The van der Waals surface area contributed by atoms with Gasteiger partial charge in [0.15, 0.2) is 0 Å². The Balaban J connectivity index is 1.63. The average Bonchev–Trinajstić information content (AvgIpc) is 2.77. The van der Waals surface area contributed by atoms with E-state index in [1.54, 1.807) is 59.4 Å². The van der Waals surface area contributed by atoms with E-state index >= 15 is 0 Å². The zero-order chi connectivity index (χ0) is 20.6. The van der Waals surface area contributed by atoms with Crippen LogP contribution in [0.15, 0.2) is 42.7 Å². The molecule has 0 aliphatic carbocycles. The summed E-state index contributed by atoms with van der Waals surface area (Å²) >= 11 is 7.78. The fraction of sp³-hybridized carbons (Fsp3) is 0.400. The molecular formula is C20H24ClN5O2S. The SMILES string of the molecule is CSCC[C@H](NC(=O)c1ccccc1Cl)C(=O)N1CCN(c2ncccn2)CC1. The molecule has 154 valence electrons. The minimum absolute atomic E-state index is 0.0620. The van der Waals surface area contributed by atoms with E-state index in [1.165, 1.54) is 0 Å². The van der Waals surface area contributed by atoms with Crippen LogP contribution in [0.4, 0.5) is 5.95 Å². The van der Waals surface area contributed by atoms with Crippen LogP contribution in [0.2, 0.25) is 5.02 Å². The fourth-order valence-electron chi connectivity index (χ4n) is 3.18. The number of aromatic nitrogens is 2. The summed E-state index contributed by atoms with van der Waals surface area (Å²) in [6.07, 6.45) is 5.97. The summed E-state index contributed by atoms with van der Waals surface area (Å²) in [6.45, 7) is 2.44. The molecule has 1 N–H and O–H groups in total. The number of nitrogens with one attached hydrogen (secondary N) is 1. The van der Waals surface area contributed by atoms with Crippen molar-refractivity contribution in [3.8, 4) is 0 Å². The minimum Gasteiger partial charge on any atom is -0.340 e. The smallest absolute Gasteiger partial charge is 0.253 e. The number of carbonyl (C=O) groups excluding carboxylic acids is 2. The molecule has 2 heterocycles. The molecular weight excluding hydrogens is 410 g/mol. The molecule has 3 rings (SSSR count). The van der Waals surface area contributed by atoms with Crippen LogP contribution < -0.4 is 10.2 Å². The standard InChI is InChI=1S/C20H24ClN5O2S/c1-29-14-7-17(24-18(27)15-5-2-3-6-16(15)21)19(28)25-10-12-26(13-11-25)20-22-8-4-9-23-20/h2-6,8-9,17H,7,10-14H2,1H3,(H,24,27)/t17-/m0/s1. The van der Waals surface area contributed by atoms with Gasteiger partial charge in [0.2, 0.25) is 11.9 Å². The monoisotopic (exact) mass is 433 g/mol. The molecule has 1 atom stereocenters. The summed E-state index contributed by atoms with van der Waals surface area (Å²) in [6, 6.07) is 8.05. The highest BCUT2D eigenvalue weighted by Gasteiger charge is 2.29. The van der Waals surface area contributed by atoms with Gasteiger partial charge in [-0.05, 0) is 36.6 Å². The zero-order valence-electron chi connectivity index (χ0n) is 16.3. The lowest BCUT2D eigenvalue weighted by Crippen LogP contribution is -2.55. The van der Waals surface area contributed by atoms with E-state index in [4.69, 9.17) is 11.6 Å². The van der Waals surface area contributed by atoms with Crippen molar-refractivity contribution in [3.05, 3.63) is 53.3 Å². The first-order valence-corrected chi connectivity index (χ1v) is 11.2. The highest BCUT2D eigenvalue weighted by molar-refractivity contribution is 7.98. The summed E-state index contributed by atoms with van der Waals surface area (Å²) in [4.78, 5) is 38.2. The van der Waals surface area contributed by atoms with Crippen molar-refractivity contribution in [2.75, 3.05) is 43.1 Å². The van der Waals surface area contributed by atoms with Gasteiger partial charge in [-0.15, -0.1) is 0 Å². The van der Waals surface area contributed by atoms with Gasteiger partial charge in [0.05, 0.1) is 10.6 Å². The van der Waals surface area contributed by atoms with Gasteiger partial charge in [-0.25, -0.2) is 9.97 Å². The van der Waals surface area contributed by atoms with Crippen LogP contribution >= 0.6 is 23.4 Å². The second kappa shape index (κ2) is 10.5. The first kappa shape index (κ1) is 21.4. The second-order valence-corrected chi connectivity index (χ2v) is 8.04. The predicted octanol–water partition coefficient (Wildman–Crippen LogP) is 2.33. The summed E-state index contributed by atoms with van der Waals surface area (Å²) < 4.78 is 0. The maximum Gasteiger partial charge on any atom is 0.253 e. The van der Waals surface area contributed by atoms with Gasteiger partial charge in [0, 0.05) is 38.6 Å².